The molecule has 0 bridgehead atoms. The number of aromatic nitrogens is 4. The van der Waals surface area contributed by atoms with Crippen molar-refractivity contribution >= 4 is 50.9 Å². The van der Waals surface area contributed by atoms with Gasteiger partial charge in [-0.25, -0.2) is 17.6 Å². The van der Waals surface area contributed by atoms with E-state index in [-0.39, 0.29) is 5.82 Å². The zero-order chi connectivity index (χ0) is 22.9. The third-order valence-electron chi connectivity index (χ3n) is 4.26. The first-order chi connectivity index (χ1) is 14.6. The number of nitrogens with zero attached hydrogens (tertiary/aromatic N) is 4. The average molecular weight is 543 g/mol. The number of rotatable bonds is 7. The molecule has 2 heterocycles. The number of carbonyl (C=O) groups is 1. The second-order valence-corrected chi connectivity index (χ2v) is 8.15. The molecular formula is C18H14BrCl2F4N5O. The van der Waals surface area contributed by atoms with Crippen molar-refractivity contribution in [2.45, 2.75) is 32.4 Å². The third kappa shape index (κ3) is 5.39. The van der Waals surface area contributed by atoms with Crippen LogP contribution in [0.3, 0.4) is 0 Å². The summed E-state index contributed by atoms with van der Waals surface area (Å²) in [7, 11) is 0. The zero-order valence-electron chi connectivity index (χ0n) is 15.7. The molecule has 1 atom stereocenters. The predicted molar refractivity (Wildman–Crippen MR) is 111 cm³/mol. The van der Waals surface area contributed by atoms with Crippen LogP contribution in [0.4, 0.5) is 23.4 Å². The standard InChI is InChI=1S/C18H14BrCl2F4N5O/c1-8(30-14(16(24)25)5-13(27-30)15(22)23)18(31)26-17-10(19)7-29(28-17)6-9-2-3-11(20)12(21)4-9/h2-5,7-8,15-16H,6H2,1H3,(H,26,28,31). The maximum atomic E-state index is 13.2. The van der Waals surface area contributed by atoms with Gasteiger partial charge in [0.2, 0.25) is 5.91 Å². The highest BCUT2D eigenvalue weighted by Crippen LogP contribution is 2.29. The molecule has 6 nitrogen and oxygen atoms in total. The third-order valence-corrected chi connectivity index (χ3v) is 5.58. The van der Waals surface area contributed by atoms with E-state index < -0.39 is 36.2 Å². The Hall–Kier alpha value is -2.11. The summed E-state index contributed by atoms with van der Waals surface area (Å²) in [6.45, 7) is 1.58. The summed E-state index contributed by atoms with van der Waals surface area (Å²) in [5.41, 5.74) is -0.808. The van der Waals surface area contributed by atoms with Gasteiger partial charge in [-0.3, -0.25) is 14.2 Å². The Balaban J connectivity index is 1.77. The van der Waals surface area contributed by atoms with Gasteiger partial charge in [-0.1, -0.05) is 29.3 Å². The van der Waals surface area contributed by atoms with Crippen molar-refractivity contribution < 1.29 is 22.4 Å². The van der Waals surface area contributed by atoms with Crippen LogP contribution in [-0.4, -0.2) is 25.5 Å². The van der Waals surface area contributed by atoms with E-state index in [0.717, 1.165) is 5.56 Å². The van der Waals surface area contributed by atoms with Gasteiger partial charge >= 0.3 is 0 Å². The minimum Gasteiger partial charge on any atom is -0.306 e. The Morgan fingerprint density at radius 1 is 1.13 bits per heavy atom. The lowest BCUT2D eigenvalue weighted by molar-refractivity contribution is -0.119. The van der Waals surface area contributed by atoms with Crippen LogP contribution >= 0.6 is 39.1 Å². The molecule has 0 aliphatic carbocycles. The molecule has 3 rings (SSSR count). The maximum absolute atomic E-state index is 13.2. The normalized spacial score (nSPS) is 12.6. The van der Waals surface area contributed by atoms with Crippen LogP contribution in [0.15, 0.2) is 34.9 Å². The molecule has 2 aromatic heterocycles. The Morgan fingerprint density at radius 3 is 2.45 bits per heavy atom. The molecule has 1 aromatic carbocycles. The lowest BCUT2D eigenvalue weighted by atomic mass is 10.2. The molecule has 0 radical (unpaired) electrons. The summed E-state index contributed by atoms with van der Waals surface area (Å²) >= 11 is 15.2. The molecule has 0 aliphatic heterocycles. The van der Waals surface area contributed by atoms with Crippen LogP contribution in [0.5, 0.6) is 0 Å². The molecule has 31 heavy (non-hydrogen) atoms. The van der Waals surface area contributed by atoms with E-state index in [4.69, 9.17) is 23.2 Å². The van der Waals surface area contributed by atoms with E-state index in [1.165, 1.54) is 11.6 Å². The molecule has 1 amide bonds. The van der Waals surface area contributed by atoms with Crippen LogP contribution in [0.2, 0.25) is 10.0 Å². The van der Waals surface area contributed by atoms with E-state index in [9.17, 15) is 22.4 Å². The van der Waals surface area contributed by atoms with Gasteiger partial charge in [0.25, 0.3) is 12.9 Å². The minimum absolute atomic E-state index is 0.122. The predicted octanol–water partition coefficient (Wildman–Crippen LogP) is 6.27. The summed E-state index contributed by atoms with van der Waals surface area (Å²) in [5.74, 6) is -0.636. The molecule has 0 saturated heterocycles. The number of halogens is 7. The highest BCUT2D eigenvalue weighted by Gasteiger charge is 2.27. The fraction of sp³-hybridized carbons (Fsp3) is 0.278. The smallest absolute Gasteiger partial charge is 0.282 e. The van der Waals surface area contributed by atoms with Crippen molar-refractivity contribution in [3.8, 4) is 0 Å². The molecule has 166 valence electrons. The quantitative estimate of drug-likeness (QED) is 0.358. The summed E-state index contributed by atoms with van der Waals surface area (Å²) in [5, 5.41) is 11.0. The largest absolute Gasteiger partial charge is 0.306 e. The topological polar surface area (TPSA) is 64.7 Å². The van der Waals surface area contributed by atoms with Gasteiger partial charge < -0.3 is 5.32 Å². The van der Waals surface area contributed by atoms with Gasteiger partial charge in [0, 0.05) is 6.20 Å². The molecule has 0 fully saturated rings. The average Bonchev–Trinajstić information content (AvgIpc) is 3.28. The summed E-state index contributed by atoms with van der Waals surface area (Å²) in [6.07, 6.45) is -4.52. The van der Waals surface area contributed by atoms with Crippen LogP contribution in [-0.2, 0) is 11.3 Å². The van der Waals surface area contributed by atoms with Crippen molar-refractivity contribution in [1.29, 1.82) is 0 Å². The highest BCUT2D eigenvalue weighted by molar-refractivity contribution is 9.10. The van der Waals surface area contributed by atoms with Gasteiger partial charge in [-0.05, 0) is 46.6 Å². The molecule has 1 N–H and O–H groups in total. The van der Waals surface area contributed by atoms with Gasteiger partial charge in [-0.2, -0.15) is 10.2 Å². The number of hydrogen-bond donors (Lipinski definition) is 1. The second-order valence-electron chi connectivity index (χ2n) is 6.48. The first-order valence-electron chi connectivity index (χ1n) is 8.70. The number of amides is 1. The maximum Gasteiger partial charge on any atom is 0.282 e. The number of nitrogens with one attached hydrogen (secondary N) is 1. The zero-order valence-corrected chi connectivity index (χ0v) is 18.8. The van der Waals surface area contributed by atoms with Crippen LogP contribution in [0.25, 0.3) is 0 Å². The number of alkyl halides is 4. The van der Waals surface area contributed by atoms with Crippen molar-refractivity contribution in [3.63, 3.8) is 0 Å². The monoisotopic (exact) mass is 541 g/mol. The van der Waals surface area contributed by atoms with E-state index in [1.54, 1.807) is 24.4 Å². The van der Waals surface area contributed by atoms with Gasteiger partial charge in [0.05, 0.1) is 21.1 Å². The van der Waals surface area contributed by atoms with Crippen molar-refractivity contribution in [1.82, 2.24) is 19.6 Å². The molecule has 0 saturated carbocycles. The van der Waals surface area contributed by atoms with Crippen molar-refractivity contribution in [2.75, 3.05) is 5.32 Å². The molecule has 13 heteroatoms. The Kier molecular flexibility index (Phi) is 7.28. The Bertz CT molecular complexity index is 1100. The van der Waals surface area contributed by atoms with Crippen molar-refractivity contribution in [2.24, 2.45) is 0 Å². The van der Waals surface area contributed by atoms with Crippen LogP contribution in [0.1, 0.15) is 42.8 Å². The Morgan fingerprint density at radius 2 is 1.84 bits per heavy atom. The summed E-state index contributed by atoms with van der Waals surface area (Å²) < 4.78 is 54.7. The van der Waals surface area contributed by atoms with E-state index in [2.05, 4.69) is 31.4 Å². The van der Waals surface area contributed by atoms with Crippen LogP contribution < -0.4 is 5.32 Å². The minimum atomic E-state index is -3.08. The molecule has 3 aromatic rings. The fourth-order valence-corrected chi connectivity index (χ4v) is 3.46. The fourth-order valence-electron chi connectivity index (χ4n) is 2.73. The van der Waals surface area contributed by atoms with E-state index in [1.807, 2.05) is 0 Å². The van der Waals surface area contributed by atoms with E-state index in [0.29, 0.717) is 31.8 Å². The lowest BCUT2D eigenvalue weighted by Crippen LogP contribution is -2.26. The summed E-state index contributed by atoms with van der Waals surface area (Å²) in [6, 6.07) is 4.36. The highest BCUT2D eigenvalue weighted by atomic mass is 79.9. The van der Waals surface area contributed by atoms with Gasteiger partial charge in [-0.15, -0.1) is 0 Å². The SMILES string of the molecule is CC(C(=O)Nc1nn(Cc2ccc(Cl)c(Cl)c2)cc1Br)n1nc(C(F)F)cc1C(F)F. The number of anilines is 1. The molecule has 0 aliphatic rings. The Labute approximate surface area is 192 Å². The second kappa shape index (κ2) is 9.58. The number of carbonyl (C=O) groups excluding carboxylic acids is 1. The molecule has 1 unspecified atom stereocenters. The van der Waals surface area contributed by atoms with Crippen LogP contribution in [0, 0.1) is 0 Å². The molecular weight excluding hydrogens is 529 g/mol. The lowest BCUT2D eigenvalue weighted by Gasteiger charge is -2.14. The van der Waals surface area contributed by atoms with Crippen molar-refractivity contribution in [3.05, 3.63) is 61.9 Å². The first-order valence-corrected chi connectivity index (χ1v) is 10.2. The molecule has 0 spiro atoms. The number of hydrogen-bond acceptors (Lipinski definition) is 3. The number of benzene rings is 1. The van der Waals surface area contributed by atoms with Gasteiger partial charge in [0.1, 0.15) is 17.4 Å². The first kappa shape index (κ1) is 23.6. The van der Waals surface area contributed by atoms with E-state index >= 15 is 0 Å². The van der Waals surface area contributed by atoms with Gasteiger partial charge in [0.15, 0.2) is 5.82 Å². The summed E-state index contributed by atoms with van der Waals surface area (Å²) in [4.78, 5) is 12.6.